The third-order valence-electron chi connectivity index (χ3n) is 2.83. The van der Waals surface area contributed by atoms with E-state index in [2.05, 4.69) is 4.72 Å². The van der Waals surface area contributed by atoms with Crippen LogP contribution in [0.2, 0.25) is 5.02 Å². The maximum Gasteiger partial charge on any atom is 0.303 e. The van der Waals surface area contributed by atoms with Crippen LogP contribution in [0.25, 0.3) is 0 Å². The topological polar surface area (TPSA) is 83.5 Å². The lowest BCUT2D eigenvalue weighted by atomic mass is 10.0. The number of sulfonamides is 1. The minimum absolute atomic E-state index is 0.0662. The summed E-state index contributed by atoms with van der Waals surface area (Å²) in [6, 6.07) is 4.48. The van der Waals surface area contributed by atoms with Crippen molar-refractivity contribution in [2.45, 2.75) is 44.0 Å². The lowest BCUT2D eigenvalue weighted by Gasteiger charge is -2.25. The van der Waals surface area contributed by atoms with Crippen molar-refractivity contribution in [3.8, 4) is 0 Å². The molecule has 0 aliphatic rings. The Morgan fingerprint density at radius 3 is 2.50 bits per heavy atom. The Bertz CT molecular complexity index is 611. The Morgan fingerprint density at radius 2 is 2.00 bits per heavy atom. The molecule has 0 spiro atoms. The van der Waals surface area contributed by atoms with Gasteiger partial charge in [0.2, 0.25) is 10.0 Å². The zero-order chi connectivity index (χ0) is 15.6. The quantitative estimate of drug-likeness (QED) is 0.844. The van der Waals surface area contributed by atoms with Gasteiger partial charge >= 0.3 is 5.97 Å². The molecular formula is C13H18ClNO4S. The van der Waals surface area contributed by atoms with Gasteiger partial charge in [-0.05, 0) is 44.9 Å². The molecule has 7 heteroatoms. The molecule has 0 aliphatic carbocycles. The predicted molar refractivity (Wildman–Crippen MR) is 77.5 cm³/mol. The van der Waals surface area contributed by atoms with E-state index in [4.69, 9.17) is 16.7 Å². The monoisotopic (exact) mass is 319 g/mol. The number of nitrogens with one attached hydrogen (secondary N) is 1. The molecule has 112 valence electrons. The smallest absolute Gasteiger partial charge is 0.303 e. The highest BCUT2D eigenvalue weighted by Gasteiger charge is 2.27. The zero-order valence-corrected chi connectivity index (χ0v) is 13.2. The van der Waals surface area contributed by atoms with Crippen LogP contribution < -0.4 is 4.72 Å². The van der Waals surface area contributed by atoms with Crippen LogP contribution in [0, 0.1) is 6.92 Å². The lowest BCUT2D eigenvalue weighted by Crippen LogP contribution is -2.43. The number of carbonyl (C=O) groups is 1. The molecule has 0 saturated heterocycles. The van der Waals surface area contributed by atoms with Crippen LogP contribution in [0.15, 0.2) is 23.1 Å². The van der Waals surface area contributed by atoms with Crippen molar-refractivity contribution in [1.82, 2.24) is 4.72 Å². The number of hydrogen-bond acceptors (Lipinski definition) is 3. The molecule has 0 aromatic heterocycles. The number of halogens is 1. The molecule has 1 rings (SSSR count). The standard InChI is InChI=1S/C13H18ClNO4S/c1-9-4-5-10(8-11(9)14)20(18,19)15-13(2,3)7-6-12(16)17/h4-5,8,15H,6-7H2,1-3H3,(H,16,17). The predicted octanol–water partition coefficient (Wildman–Crippen LogP) is 2.57. The fourth-order valence-electron chi connectivity index (χ4n) is 1.63. The largest absolute Gasteiger partial charge is 0.481 e. The fraction of sp³-hybridized carbons (Fsp3) is 0.462. The highest BCUT2D eigenvalue weighted by molar-refractivity contribution is 7.89. The first-order valence-electron chi connectivity index (χ1n) is 6.05. The Kier molecular flexibility index (Phi) is 5.18. The molecule has 0 aliphatic heterocycles. The van der Waals surface area contributed by atoms with E-state index in [0.29, 0.717) is 5.02 Å². The van der Waals surface area contributed by atoms with Gasteiger partial charge in [0, 0.05) is 17.0 Å². The van der Waals surface area contributed by atoms with E-state index in [-0.39, 0.29) is 17.7 Å². The minimum Gasteiger partial charge on any atom is -0.481 e. The summed E-state index contributed by atoms with van der Waals surface area (Å²) in [6.07, 6.45) is 0.0886. The van der Waals surface area contributed by atoms with E-state index < -0.39 is 21.5 Å². The van der Waals surface area contributed by atoms with Gasteiger partial charge < -0.3 is 5.11 Å². The summed E-state index contributed by atoms with van der Waals surface area (Å²) in [5.41, 5.74) is -0.0649. The molecule has 5 nitrogen and oxygen atoms in total. The Balaban J connectivity index is 2.93. The van der Waals surface area contributed by atoms with Crippen LogP contribution in [0.1, 0.15) is 32.3 Å². The van der Waals surface area contributed by atoms with E-state index in [1.807, 2.05) is 0 Å². The molecule has 0 amide bonds. The lowest BCUT2D eigenvalue weighted by molar-refractivity contribution is -0.137. The first-order chi connectivity index (χ1) is 9.03. The van der Waals surface area contributed by atoms with Crippen molar-refractivity contribution in [2.24, 2.45) is 0 Å². The fourth-order valence-corrected chi connectivity index (χ4v) is 3.35. The van der Waals surface area contributed by atoms with Crippen molar-refractivity contribution in [1.29, 1.82) is 0 Å². The number of aliphatic carboxylic acids is 1. The van der Waals surface area contributed by atoms with Gasteiger partial charge in [0.05, 0.1) is 4.90 Å². The first-order valence-corrected chi connectivity index (χ1v) is 7.91. The second-order valence-electron chi connectivity index (χ2n) is 5.29. The molecule has 0 radical (unpaired) electrons. The van der Waals surface area contributed by atoms with Gasteiger partial charge in [-0.1, -0.05) is 17.7 Å². The summed E-state index contributed by atoms with van der Waals surface area (Å²) in [7, 11) is -3.73. The van der Waals surface area contributed by atoms with Gasteiger partial charge in [0.15, 0.2) is 0 Å². The number of carboxylic acid groups (broad SMARTS) is 1. The van der Waals surface area contributed by atoms with E-state index in [9.17, 15) is 13.2 Å². The van der Waals surface area contributed by atoms with E-state index in [0.717, 1.165) is 5.56 Å². The van der Waals surface area contributed by atoms with Crippen LogP contribution in [0.5, 0.6) is 0 Å². The summed E-state index contributed by atoms with van der Waals surface area (Å²) < 4.78 is 27.0. The number of aryl methyl sites for hydroxylation is 1. The third kappa shape index (κ3) is 4.77. The summed E-state index contributed by atoms with van der Waals surface area (Å²) in [6.45, 7) is 5.07. The number of carboxylic acids is 1. The van der Waals surface area contributed by atoms with Crippen molar-refractivity contribution < 1.29 is 18.3 Å². The highest BCUT2D eigenvalue weighted by atomic mass is 35.5. The van der Waals surface area contributed by atoms with Gasteiger partial charge in [-0.2, -0.15) is 0 Å². The molecule has 1 aromatic rings. The van der Waals surface area contributed by atoms with E-state index in [1.165, 1.54) is 12.1 Å². The van der Waals surface area contributed by atoms with E-state index in [1.54, 1.807) is 26.8 Å². The van der Waals surface area contributed by atoms with Crippen LogP contribution in [0.3, 0.4) is 0 Å². The van der Waals surface area contributed by atoms with Crippen molar-refractivity contribution in [2.75, 3.05) is 0 Å². The second kappa shape index (κ2) is 6.11. The molecule has 1 aromatic carbocycles. The molecule has 0 atom stereocenters. The van der Waals surface area contributed by atoms with Gasteiger partial charge in [-0.25, -0.2) is 13.1 Å². The van der Waals surface area contributed by atoms with Gasteiger partial charge in [-0.3, -0.25) is 4.79 Å². The van der Waals surface area contributed by atoms with Gasteiger partial charge in [-0.15, -0.1) is 0 Å². The van der Waals surface area contributed by atoms with E-state index >= 15 is 0 Å². The third-order valence-corrected chi connectivity index (χ3v) is 4.93. The van der Waals surface area contributed by atoms with Gasteiger partial charge in [0.1, 0.15) is 0 Å². The molecule has 0 unspecified atom stereocenters. The zero-order valence-electron chi connectivity index (χ0n) is 11.6. The Hall–Kier alpha value is -1.11. The van der Waals surface area contributed by atoms with Crippen LogP contribution in [0.4, 0.5) is 0 Å². The SMILES string of the molecule is Cc1ccc(S(=O)(=O)NC(C)(C)CCC(=O)O)cc1Cl. The summed E-state index contributed by atoms with van der Waals surface area (Å²) in [5, 5.41) is 9.04. The molecule has 0 bridgehead atoms. The maximum atomic E-state index is 12.2. The maximum absolute atomic E-state index is 12.2. The number of hydrogen-bond donors (Lipinski definition) is 2. The normalized spacial score (nSPS) is 12.4. The van der Waals surface area contributed by atoms with Crippen LogP contribution >= 0.6 is 11.6 Å². The number of benzene rings is 1. The molecule has 0 fully saturated rings. The van der Waals surface area contributed by atoms with Crippen molar-refractivity contribution >= 4 is 27.6 Å². The summed E-state index contributed by atoms with van der Waals surface area (Å²) in [5.74, 6) is -0.962. The highest BCUT2D eigenvalue weighted by Crippen LogP contribution is 2.22. The van der Waals surface area contributed by atoms with Gasteiger partial charge in [0.25, 0.3) is 0 Å². The summed E-state index contributed by atoms with van der Waals surface area (Å²) in [4.78, 5) is 10.6. The van der Waals surface area contributed by atoms with Crippen LogP contribution in [-0.2, 0) is 14.8 Å². The Morgan fingerprint density at radius 1 is 1.40 bits per heavy atom. The first kappa shape index (κ1) is 16.9. The van der Waals surface area contributed by atoms with Crippen LogP contribution in [-0.4, -0.2) is 25.0 Å². The molecule has 2 N–H and O–H groups in total. The average Bonchev–Trinajstić information content (AvgIpc) is 2.29. The minimum atomic E-state index is -3.73. The molecule has 20 heavy (non-hydrogen) atoms. The van der Waals surface area contributed by atoms with Crippen molar-refractivity contribution in [3.63, 3.8) is 0 Å². The number of rotatable bonds is 6. The average molecular weight is 320 g/mol. The Labute approximate surface area is 124 Å². The summed E-state index contributed by atoms with van der Waals surface area (Å²) >= 11 is 5.92. The van der Waals surface area contributed by atoms with Crippen molar-refractivity contribution in [3.05, 3.63) is 28.8 Å². The molecule has 0 saturated carbocycles. The molecular weight excluding hydrogens is 302 g/mol. The second-order valence-corrected chi connectivity index (χ2v) is 7.38. The molecule has 0 heterocycles.